The number of carbonyl (C=O) groups excluding carboxylic acids is 1. The highest BCUT2D eigenvalue weighted by Gasteiger charge is 2.29. The third-order valence-corrected chi connectivity index (χ3v) is 7.78. The van der Waals surface area contributed by atoms with E-state index in [1.165, 1.54) is 28.6 Å². The molecule has 1 saturated carbocycles. The molecule has 0 unspecified atom stereocenters. The Bertz CT molecular complexity index is 1200. The number of aryl methyl sites for hydroxylation is 1. The molecule has 1 aliphatic carbocycles. The van der Waals surface area contributed by atoms with Crippen molar-refractivity contribution >= 4 is 21.6 Å². The summed E-state index contributed by atoms with van der Waals surface area (Å²) in [6.07, 6.45) is 5.04. The zero-order valence-electron chi connectivity index (χ0n) is 18.1. The maximum Gasteiger partial charge on any atom is 0.255 e. The number of amides is 1. The number of benzene rings is 2. The van der Waals surface area contributed by atoms with Crippen molar-refractivity contribution in [2.45, 2.75) is 50.0 Å². The van der Waals surface area contributed by atoms with Crippen LogP contribution in [0.3, 0.4) is 0 Å². The van der Waals surface area contributed by atoms with Crippen LogP contribution in [-0.4, -0.2) is 51.9 Å². The molecule has 1 fully saturated rings. The Balaban J connectivity index is 1.47. The van der Waals surface area contributed by atoms with Gasteiger partial charge in [-0.3, -0.25) is 4.79 Å². The van der Waals surface area contributed by atoms with Gasteiger partial charge in [0.2, 0.25) is 10.0 Å². The van der Waals surface area contributed by atoms with E-state index in [0.29, 0.717) is 17.1 Å². The third kappa shape index (κ3) is 4.56. The lowest BCUT2D eigenvalue weighted by Crippen LogP contribution is -2.38. The van der Waals surface area contributed by atoms with Crippen LogP contribution < -0.4 is 5.32 Å². The lowest BCUT2D eigenvalue weighted by atomic mass is 9.96. The van der Waals surface area contributed by atoms with E-state index in [9.17, 15) is 13.2 Å². The van der Waals surface area contributed by atoms with Crippen LogP contribution in [0.1, 0.15) is 48.3 Å². The number of carbonyl (C=O) groups is 1. The second kappa shape index (κ2) is 9.17. The smallest absolute Gasteiger partial charge is 0.255 e. The predicted octanol–water partition coefficient (Wildman–Crippen LogP) is 3.18. The van der Waals surface area contributed by atoms with Crippen LogP contribution in [0.4, 0.5) is 5.69 Å². The molecule has 1 aliphatic rings. The number of tetrazole rings is 1. The van der Waals surface area contributed by atoms with Gasteiger partial charge in [0.1, 0.15) is 0 Å². The second-order valence-corrected chi connectivity index (χ2v) is 9.98. The van der Waals surface area contributed by atoms with E-state index in [1.807, 2.05) is 6.07 Å². The van der Waals surface area contributed by atoms with E-state index >= 15 is 0 Å². The molecule has 0 aliphatic heterocycles. The maximum atomic E-state index is 13.0. The molecule has 2 aromatic carbocycles. The molecular formula is C22H26N6O3S. The molecule has 0 bridgehead atoms. The number of hydrogen-bond acceptors (Lipinski definition) is 6. The summed E-state index contributed by atoms with van der Waals surface area (Å²) in [6, 6.07) is 13.2. The van der Waals surface area contributed by atoms with Crippen LogP contribution in [0.25, 0.3) is 5.69 Å². The minimum Gasteiger partial charge on any atom is -0.322 e. The van der Waals surface area contributed by atoms with Gasteiger partial charge in [0, 0.05) is 24.3 Å². The predicted molar refractivity (Wildman–Crippen MR) is 120 cm³/mol. The molecule has 10 heteroatoms. The van der Waals surface area contributed by atoms with Crippen LogP contribution in [0.5, 0.6) is 0 Å². The number of anilines is 1. The van der Waals surface area contributed by atoms with Crippen molar-refractivity contribution in [2.75, 3.05) is 12.4 Å². The van der Waals surface area contributed by atoms with Gasteiger partial charge in [0.05, 0.1) is 10.6 Å². The number of rotatable bonds is 6. The van der Waals surface area contributed by atoms with Gasteiger partial charge in [0.15, 0.2) is 5.82 Å². The lowest BCUT2D eigenvalue weighted by Gasteiger charge is -2.30. The summed E-state index contributed by atoms with van der Waals surface area (Å²) in [6.45, 7) is 1.78. The van der Waals surface area contributed by atoms with Gasteiger partial charge in [-0.25, -0.2) is 8.42 Å². The molecule has 4 rings (SSSR count). The highest BCUT2D eigenvalue weighted by molar-refractivity contribution is 7.89. The molecule has 1 amide bonds. The van der Waals surface area contributed by atoms with E-state index in [-0.39, 0.29) is 16.8 Å². The minimum atomic E-state index is -3.59. The van der Waals surface area contributed by atoms with Gasteiger partial charge in [0.25, 0.3) is 5.91 Å². The van der Waals surface area contributed by atoms with Crippen LogP contribution in [-0.2, 0) is 10.0 Å². The first-order chi connectivity index (χ1) is 15.4. The first kappa shape index (κ1) is 22.1. The van der Waals surface area contributed by atoms with E-state index in [1.54, 1.807) is 36.9 Å². The van der Waals surface area contributed by atoms with Gasteiger partial charge < -0.3 is 5.32 Å². The second-order valence-electron chi connectivity index (χ2n) is 7.98. The number of hydrogen-bond donors (Lipinski definition) is 1. The Morgan fingerprint density at radius 3 is 2.47 bits per heavy atom. The van der Waals surface area contributed by atoms with Crippen molar-refractivity contribution in [1.29, 1.82) is 0 Å². The topological polar surface area (TPSA) is 110 Å². The van der Waals surface area contributed by atoms with Crippen LogP contribution in [0.2, 0.25) is 0 Å². The van der Waals surface area contributed by atoms with E-state index in [4.69, 9.17) is 0 Å². The normalized spacial score (nSPS) is 15.1. The summed E-state index contributed by atoms with van der Waals surface area (Å²) in [5, 5.41) is 14.3. The Morgan fingerprint density at radius 1 is 1.09 bits per heavy atom. The molecule has 32 heavy (non-hydrogen) atoms. The number of nitrogens with one attached hydrogen (secondary N) is 1. The quantitative estimate of drug-likeness (QED) is 0.613. The molecule has 9 nitrogen and oxygen atoms in total. The van der Waals surface area contributed by atoms with Crippen molar-refractivity contribution in [3.05, 3.63) is 59.9 Å². The van der Waals surface area contributed by atoms with Gasteiger partial charge in [-0.2, -0.15) is 8.99 Å². The summed E-state index contributed by atoms with van der Waals surface area (Å²) in [5.41, 5.74) is 1.67. The fourth-order valence-electron chi connectivity index (χ4n) is 3.97. The first-order valence-electron chi connectivity index (χ1n) is 10.6. The molecule has 1 N–H and O–H groups in total. The molecule has 168 valence electrons. The summed E-state index contributed by atoms with van der Waals surface area (Å²) in [5.74, 6) is 0.295. The monoisotopic (exact) mass is 454 g/mol. The molecule has 1 aromatic heterocycles. The lowest BCUT2D eigenvalue weighted by molar-refractivity contribution is 0.102. The molecule has 3 aromatic rings. The maximum absolute atomic E-state index is 13.0. The van der Waals surface area contributed by atoms with Crippen molar-refractivity contribution in [2.24, 2.45) is 0 Å². The average Bonchev–Trinajstić information content (AvgIpc) is 3.25. The summed E-state index contributed by atoms with van der Waals surface area (Å²) < 4.78 is 29.0. The number of nitrogens with zero attached hydrogens (tertiary/aromatic N) is 5. The minimum absolute atomic E-state index is 0.0350. The van der Waals surface area contributed by atoms with Crippen LogP contribution in [0, 0.1) is 6.92 Å². The fraction of sp³-hybridized carbons (Fsp3) is 0.364. The van der Waals surface area contributed by atoms with Crippen molar-refractivity contribution in [1.82, 2.24) is 24.5 Å². The number of aromatic nitrogens is 4. The molecule has 0 radical (unpaired) electrons. The van der Waals surface area contributed by atoms with Gasteiger partial charge in [-0.15, -0.1) is 5.10 Å². The van der Waals surface area contributed by atoms with E-state index < -0.39 is 10.0 Å². The third-order valence-electron chi connectivity index (χ3n) is 5.86. The summed E-state index contributed by atoms with van der Waals surface area (Å²) in [4.78, 5) is 12.9. The zero-order chi connectivity index (χ0) is 22.7. The zero-order valence-corrected chi connectivity index (χ0v) is 18.9. The fourth-order valence-corrected chi connectivity index (χ4v) is 5.39. The standard InChI is InChI=1S/C22H26N6O3S/c1-16-24-25-26-28(16)20-10-6-7-18(15-20)23-22(29)17-11-13-21(14-12-17)32(30,31)27(2)19-8-4-3-5-9-19/h6-7,10-15,19H,3-5,8-9H2,1-2H3,(H,23,29). The molecule has 0 atom stereocenters. The van der Waals surface area contributed by atoms with E-state index in [0.717, 1.165) is 37.8 Å². The SMILES string of the molecule is Cc1nnnn1-c1cccc(NC(=O)c2ccc(S(=O)(=O)N(C)C3CCCCC3)cc2)c1. The Kier molecular flexibility index (Phi) is 6.33. The highest BCUT2D eigenvalue weighted by atomic mass is 32.2. The van der Waals surface area contributed by atoms with Gasteiger partial charge in [-0.1, -0.05) is 25.3 Å². The Labute approximate surface area is 187 Å². The van der Waals surface area contributed by atoms with Gasteiger partial charge >= 0.3 is 0 Å². The van der Waals surface area contributed by atoms with Gasteiger partial charge in [-0.05, 0) is 72.7 Å². The van der Waals surface area contributed by atoms with Crippen LogP contribution >= 0.6 is 0 Å². The highest BCUT2D eigenvalue weighted by Crippen LogP contribution is 2.26. The van der Waals surface area contributed by atoms with Crippen LogP contribution in [0.15, 0.2) is 53.4 Å². The average molecular weight is 455 g/mol. The Morgan fingerprint density at radius 2 is 1.81 bits per heavy atom. The molecule has 0 spiro atoms. The van der Waals surface area contributed by atoms with E-state index in [2.05, 4.69) is 20.8 Å². The van der Waals surface area contributed by atoms with Crippen molar-refractivity contribution in [3.63, 3.8) is 0 Å². The van der Waals surface area contributed by atoms with Crippen molar-refractivity contribution < 1.29 is 13.2 Å². The summed E-state index contributed by atoms with van der Waals surface area (Å²) in [7, 11) is -1.95. The first-order valence-corrected chi connectivity index (χ1v) is 12.0. The number of sulfonamides is 1. The summed E-state index contributed by atoms with van der Waals surface area (Å²) >= 11 is 0. The largest absolute Gasteiger partial charge is 0.322 e. The molecular weight excluding hydrogens is 428 g/mol. The molecule has 1 heterocycles. The molecule has 0 saturated heterocycles. The van der Waals surface area contributed by atoms with Crippen molar-refractivity contribution in [3.8, 4) is 5.69 Å². The Hall–Kier alpha value is -3.11.